The number of nitro benzene ring substituents is 2. The molecule has 0 radical (unpaired) electrons. The van der Waals surface area contributed by atoms with Crippen molar-refractivity contribution in [1.82, 2.24) is 14.7 Å². The smallest absolute Gasteiger partial charge is 0.269 e. The first-order valence-electron chi connectivity index (χ1n) is 38.2. The van der Waals surface area contributed by atoms with Crippen LogP contribution in [0.25, 0.3) is 33.4 Å². The Labute approximate surface area is 627 Å². The summed E-state index contributed by atoms with van der Waals surface area (Å²) in [4.78, 5) is 34.4. The van der Waals surface area contributed by atoms with Gasteiger partial charge < -0.3 is 30.6 Å². The van der Waals surface area contributed by atoms with Gasteiger partial charge in [-0.2, -0.15) is 0 Å². The standard InChI is InChI=1S/C31H34N2O3.C30H34FN3O2.C30H37N3O/c34-22-4-7-30(25-5-2-1-3-6-25)31(27-12-14-29(15-13-27)33(35)36)26-10-8-23(9-11-26)24-18-20-32(21-19-24)28-16-17-28;1-23(2)32-19-21-33(22-20-32)27-14-10-25(11-15-27)30(26-12-16-28(17-13-26)34(35)36)29(9-6-18-31)24-7-4-3-5-8-24;1-23(2)32-18-20-33(21-19-32)28-16-12-26(13-17-28)30(25-10-14-27(31)15-11-25)29(9-6-22-34)24-7-4-3-5-8-24/h1-3,5-6,8-15,24,28,34H,4,7,16-22H2;3-5,7-8,10-17,23H,6,9,18-22H2,1-2H3;3-5,7-8,10-17,23,34H,6,9,18-22,31H2,1-2H3/b31-30+;30-29+;30-29-. The van der Waals surface area contributed by atoms with Gasteiger partial charge in [-0.05, 0) is 261 Å². The van der Waals surface area contributed by atoms with Crippen LogP contribution >= 0.6 is 0 Å². The van der Waals surface area contributed by atoms with Crippen molar-refractivity contribution in [2.45, 2.75) is 116 Å². The lowest BCUT2D eigenvalue weighted by Gasteiger charge is -2.38. The normalized spacial score (nSPS) is 16.1. The van der Waals surface area contributed by atoms with E-state index in [-0.39, 0.29) is 34.4 Å². The molecule has 0 aromatic heterocycles. The quantitative estimate of drug-likeness (QED) is 0.0203. The number of rotatable bonds is 26. The van der Waals surface area contributed by atoms with Gasteiger partial charge in [-0.3, -0.25) is 34.4 Å². The number of anilines is 3. The molecule has 9 aromatic rings. The fraction of sp³-hybridized carbons (Fsp3) is 0.341. The fourth-order valence-corrected chi connectivity index (χ4v) is 15.2. The Kier molecular flexibility index (Phi) is 28.0. The van der Waals surface area contributed by atoms with Gasteiger partial charge in [-0.15, -0.1) is 0 Å². The van der Waals surface area contributed by atoms with Crippen LogP contribution in [0.1, 0.15) is 153 Å². The molecule has 4 fully saturated rings. The highest BCUT2D eigenvalue weighted by Gasteiger charge is 2.33. The van der Waals surface area contributed by atoms with Crippen molar-refractivity contribution in [3.8, 4) is 0 Å². The topological polar surface area (TPSA) is 169 Å². The number of piperidine rings is 1. The highest BCUT2D eigenvalue weighted by atomic mass is 19.1. The molecule has 14 nitrogen and oxygen atoms in total. The summed E-state index contributed by atoms with van der Waals surface area (Å²) < 4.78 is 13.3. The largest absolute Gasteiger partial charge is 0.399 e. The number of halogens is 1. The van der Waals surface area contributed by atoms with Crippen LogP contribution in [-0.4, -0.2) is 138 Å². The Balaban J connectivity index is 0.000000159. The summed E-state index contributed by atoms with van der Waals surface area (Å²) in [6.07, 6.45) is 9.06. The number of nitrogen functional groups attached to an aromatic ring is 1. The highest BCUT2D eigenvalue weighted by molar-refractivity contribution is 6.01. The second-order valence-electron chi connectivity index (χ2n) is 28.8. The van der Waals surface area contributed by atoms with E-state index >= 15 is 0 Å². The van der Waals surface area contributed by atoms with E-state index in [1.54, 1.807) is 24.3 Å². The molecule has 3 saturated heterocycles. The van der Waals surface area contributed by atoms with Crippen LogP contribution in [0.4, 0.5) is 32.8 Å². The van der Waals surface area contributed by atoms with E-state index in [4.69, 9.17) is 5.73 Å². The third-order valence-corrected chi connectivity index (χ3v) is 21.3. The van der Waals surface area contributed by atoms with Crippen molar-refractivity contribution < 1.29 is 24.5 Å². The van der Waals surface area contributed by atoms with Crippen LogP contribution in [0.3, 0.4) is 0 Å². The number of nitrogens with two attached hydrogens (primary N) is 1. The summed E-state index contributed by atoms with van der Waals surface area (Å²) in [5.41, 5.74) is 27.1. The fourth-order valence-electron chi connectivity index (χ4n) is 15.2. The summed E-state index contributed by atoms with van der Waals surface area (Å²) in [6, 6.07) is 81.0. The van der Waals surface area contributed by atoms with E-state index in [1.165, 1.54) is 90.1 Å². The molecular formula is C91H105FN8O6. The van der Waals surface area contributed by atoms with Gasteiger partial charge in [-0.1, -0.05) is 152 Å². The van der Waals surface area contributed by atoms with Crippen molar-refractivity contribution in [3.63, 3.8) is 0 Å². The molecule has 9 aromatic carbocycles. The molecule has 0 amide bonds. The minimum atomic E-state index is -0.398. The second-order valence-corrected chi connectivity index (χ2v) is 28.8. The molecule has 106 heavy (non-hydrogen) atoms. The number of non-ortho nitro benzene ring substituents is 2. The number of likely N-dealkylation sites (tertiary alicyclic amines) is 1. The molecular weight excluding hydrogens is 1320 g/mol. The number of hydrogen-bond donors (Lipinski definition) is 3. The lowest BCUT2D eigenvalue weighted by atomic mass is 9.85. The molecule has 15 heteroatoms. The average Bonchev–Trinajstić information content (AvgIpc) is 1.28. The zero-order valence-corrected chi connectivity index (χ0v) is 62.2. The molecule has 1 saturated carbocycles. The minimum absolute atomic E-state index is 0.0546. The van der Waals surface area contributed by atoms with Gasteiger partial charge in [0, 0.05) is 125 Å². The molecule has 0 bridgehead atoms. The van der Waals surface area contributed by atoms with Crippen LogP contribution < -0.4 is 15.5 Å². The van der Waals surface area contributed by atoms with E-state index in [0.717, 1.165) is 138 Å². The average molecular weight is 1430 g/mol. The molecule has 3 aliphatic heterocycles. The van der Waals surface area contributed by atoms with Gasteiger partial charge in [0.2, 0.25) is 0 Å². The first kappa shape index (κ1) is 77.2. The van der Waals surface area contributed by atoms with Crippen LogP contribution in [0, 0.1) is 20.2 Å². The van der Waals surface area contributed by atoms with Crippen LogP contribution in [0.5, 0.6) is 0 Å². The van der Waals surface area contributed by atoms with Crippen molar-refractivity contribution in [2.24, 2.45) is 0 Å². The van der Waals surface area contributed by atoms with Gasteiger partial charge in [0.25, 0.3) is 11.4 Å². The van der Waals surface area contributed by atoms with Crippen molar-refractivity contribution >= 4 is 61.9 Å². The maximum absolute atomic E-state index is 13.3. The predicted molar refractivity (Wildman–Crippen MR) is 436 cm³/mol. The molecule has 4 N–H and O–H groups in total. The van der Waals surface area contributed by atoms with E-state index in [2.05, 4.69) is 174 Å². The maximum Gasteiger partial charge on any atom is 0.269 e. The summed E-state index contributed by atoms with van der Waals surface area (Å²) >= 11 is 0. The first-order valence-corrected chi connectivity index (χ1v) is 38.2. The Morgan fingerprint density at radius 2 is 0.717 bits per heavy atom. The van der Waals surface area contributed by atoms with E-state index in [9.17, 15) is 34.8 Å². The number of alkyl halides is 1. The van der Waals surface area contributed by atoms with Crippen LogP contribution in [-0.2, 0) is 0 Å². The SMILES string of the molecule is CC(C)N1CCN(c2ccc(/C(=C(/CCCF)c3ccccc3)c3ccc([N+](=O)[O-])cc3)cc2)CC1.CC(C)N1CCN(c2ccc(/C(=C(/CCCO)c3ccccc3)c3ccc(N)cc3)cc2)CC1.O=[N+]([O-])c1ccc(/C(=C(\CCCO)c2ccccc2)c2ccc(C3CCN(C4CC4)CC3)cc2)cc1. The molecule has 4 aliphatic rings. The monoisotopic (exact) mass is 1420 g/mol. The number of nitro groups is 2. The molecule has 0 unspecified atom stereocenters. The minimum Gasteiger partial charge on any atom is -0.399 e. The lowest BCUT2D eigenvalue weighted by molar-refractivity contribution is -0.385. The van der Waals surface area contributed by atoms with Crippen LogP contribution in [0.15, 0.2) is 237 Å². The zero-order valence-electron chi connectivity index (χ0n) is 62.2. The van der Waals surface area contributed by atoms with Gasteiger partial charge in [-0.25, -0.2) is 0 Å². The van der Waals surface area contributed by atoms with Crippen molar-refractivity contribution in [1.29, 1.82) is 0 Å². The molecule has 0 atom stereocenters. The first-order chi connectivity index (χ1) is 51.7. The number of aliphatic hydroxyl groups excluding tert-OH is 2. The number of hydrogen-bond acceptors (Lipinski definition) is 12. The van der Waals surface area contributed by atoms with Crippen molar-refractivity contribution in [3.05, 3.63) is 312 Å². The number of piperazine rings is 2. The third kappa shape index (κ3) is 20.6. The van der Waals surface area contributed by atoms with Gasteiger partial charge in [0.05, 0.1) is 16.5 Å². The van der Waals surface area contributed by atoms with E-state index in [0.29, 0.717) is 43.7 Å². The lowest BCUT2D eigenvalue weighted by Crippen LogP contribution is -2.48. The predicted octanol–water partition coefficient (Wildman–Crippen LogP) is 19.0. The Bertz CT molecular complexity index is 4130. The third-order valence-electron chi connectivity index (χ3n) is 21.3. The summed E-state index contributed by atoms with van der Waals surface area (Å²) in [5.74, 6) is 0.601. The summed E-state index contributed by atoms with van der Waals surface area (Å²) in [7, 11) is 0. The van der Waals surface area contributed by atoms with Gasteiger partial charge in [0.1, 0.15) is 0 Å². The molecule has 3 heterocycles. The zero-order chi connectivity index (χ0) is 74.3. The molecule has 13 rings (SSSR count). The summed E-state index contributed by atoms with van der Waals surface area (Å²) in [6.45, 7) is 19.7. The molecule has 0 spiro atoms. The molecule has 552 valence electrons. The van der Waals surface area contributed by atoms with Crippen LogP contribution in [0.2, 0.25) is 0 Å². The Morgan fingerprint density at radius 1 is 0.406 bits per heavy atom. The second kappa shape index (κ2) is 38.4. The maximum atomic E-state index is 13.3. The van der Waals surface area contributed by atoms with Gasteiger partial charge in [0.15, 0.2) is 0 Å². The summed E-state index contributed by atoms with van der Waals surface area (Å²) in [5, 5.41) is 41.7. The number of nitrogens with zero attached hydrogens (tertiary/aromatic N) is 7. The highest BCUT2D eigenvalue weighted by Crippen LogP contribution is 2.42. The van der Waals surface area contributed by atoms with E-state index < -0.39 is 6.67 Å². The number of allylic oxidation sites excluding steroid dienone is 3. The Hall–Kier alpha value is -9.87. The molecule has 1 aliphatic carbocycles. The van der Waals surface area contributed by atoms with Crippen molar-refractivity contribution in [2.75, 3.05) is 101 Å². The Morgan fingerprint density at radius 3 is 1.02 bits per heavy atom. The number of benzene rings is 9. The van der Waals surface area contributed by atoms with Gasteiger partial charge >= 0.3 is 0 Å². The van der Waals surface area contributed by atoms with E-state index in [1.807, 2.05) is 78.9 Å². The number of aliphatic hydroxyl groups is 2.